The van der Waals surface area contributed by atoms with Gasteiger partial charge in [-0.25, -0.2) is 0 Å². The van der Waals surface area contributed by atoms with E-state index in [1.54, 1.807) is 31.8 Å². The highest BCUT2D eigenvalue weighted by molar-refractivity contribution is 7.16. The van der Waals surface area contributed by atoms with Crippen molar-refractivity contribution in [3.8, 4) is 17.2 Å². The van der Waals surface area contributed by atoms with Crippen molar-refractivity contribution in [2.24, 2.45) is 17.3 Å². The molecule has 0 radical (unpaired) electrons. The maximum absolute atomic E-state index is 5.56. The topological polar surface area (TPSA) is 57.3 Å². The molecule has 0 saturated carbocycles. The van der Waals surface area contributed by atoms with Crippen LogP contribution in [0.4, 0.5) is 0 Å². The molecule has 0 saturated heterocycles. The second-order valence-electron chi connectivity index (χ2n) is 5.46. The van der Waals surface area contributed by atoms with Crippen molar-refractivity contribution in [3.05, 3.63) is 46.8 Å². The minimum absolute atomic E-state index is 0.646. The molecule has 1 heterocycles. The molecule has 0 aliphatic heterocycles. The maximum atomic E-state index is 5.56. The molecule has 0 N–H and O–H groups in total. The molecule has 1 aromatic heterocycles. The number of aryl methyl sites for hydroxylation is 1. The van der Waals surface area contributed by atoms with Gasteiger partial charge in [-0.05, 0) is 43.3 Å². The van der Waals surface area contributed by atoms with Gasteiger partial charge in [-0.3, -0.25) is 0 Å². The molecule has 0 unspecified atom stereocenters. The minimum atomic E-state index is 0.646. The summed E-state index contributed by atoms with van der Waals surface area (Å²) >= 11 is 1.56. The van der Waals surface area contributed by atoms with Crippen LogP contribution >= 0.6 is 11.3 Å². The van der Waals surface area contributed by atoms with Crippen molar-refractivity contribution in [1.29, 1.82) is 0 Å². The fourth-order valence-corrected chi connectivity index (χ4v) is 3.55. The zero-order valence-corrected chi connectivity index (χ0v) is 16.0. The summed E-state index contributed by atoms with van der Waals surface area (Å²) in [4.78, 5) is 0.798. The average Bonchev–Trinajstić information content (AvgIpc) is 2.97. The quantitative estimate of drug-likeness (QED) is 0.491. The molecular formula is C19H21N3O3S. The molecule has 0 aliphatic rings. The first kappa shape index (κ1) is 18.0. The van der Waals surface area contributed by atoms with Gasteiger partial charge in [0.25, 0.3) is 0 Å². The number of rotatable bonds is 6. The summed E-state index contributed by atoms with van der Waals surface area (Å²) in [7, 11) is 5.22. The van der Waals surface area contributed by atoms with Gasteiger partial charge in [0.2, 0.25) is 4.80 Å². The molecule has 0 amide bonds. The first-order valence-electron chi connectivity index (χ1n) is 8.17. The SMILES string of the molecule is CCOc1ccc2c(c1)s/c(=N\N=C/c1cc(OC)ccc1OC)n2C. The van der Waals surface area contributed by atoms with Crippen LogP contribution in [0.3, 0.4) is 0 Å². The Labute approximate surface area is 156 Å². The number of hydrogen-bond donors (Lipinski definition) is 0. The summed E-state index contributed by atoms with van der Waals surface area (Å²) in [5.41, 5.74) is 1.89. The van der Waals surface area contributed by atoms with Crippen molar-refractivity contribution in [3.63, 3.8) is 0 Å². The Morgan fingerprint density at radius 3 is 2.62 bits per heavy atom. The summed E-state index contributed by atoms with van der Waals surface area (Å²) < 4.78 is 19.3. The van der Waals surface area contributed by atoms with Crippen molar-refractivity contribution < 1.29 is 14.2 Å². The van der Waals surface area contributed by atoms with Crippen molar-refractivity contribution >= 4 is 27.8 Å². The second kappa shape index (κ2) is 8.05. The second-order valence-corrected chi connectivity index (χ2v) is 6.47. The zero-order valence-electron chi connectivity index (χ0n) is 15.2. The lowest BCUT2D eigenvalue weighted by Gasteiger charge is -2.06. The Morgan fingerprint density at radius 2 is 1.88 bits per heavy atom. The fraction of sp³-hybridized carbons (Fsp3) is 0.263. The van der Waals surface area contributed by atoms with Crippen LogP contribution in [0.2, 0.25) is 0 Å². The fourth-order valence-electron chi connectivity index (χ4n) is 2.55. The summed E-state index contributed by atoms with van der Waals surface area (Å²) in [6.45, 7) is 2.62. The van der Waals surface area contributed by atoms with E-state index < -0.39 is 0 Å². The van der Waals surface area contributed by atoms with Gasteiger partial charge in [-0.2, -0.15) is 5.10 Å². The Balaban J connectivity index is 1.95. The Morgan fingerprint density at radius 1 is 1.08 bits per heavy atom. The highest BCUT2D eigenvalue weighted by Crippen LogP contribution is 2.23. The Bertz CT molecular complexity index is 1000. The highest BCUT2D eigenvalue weighted by atomic mass is 32.1. The van der Waals surface area contributed by atoms with Crippen molar-refractivity contribution in [1.82, 2.24) is 4.57 Å². The predicted octanol–water partition coefficient (Wildman–Crippen LogP) is 3.59. The van der Waals surface area contributed by atoms with Crippen LogP contribution in [0, 0.1) is 0 Å². The number of thiazole rings is 1. The molecule has 7 heteroatoms. The Kier molecular flexibility index (Phi) is 5.58. The first-order valence-corrected chi connectivity index (χ1v) is 8.99. The highest BCUT2D eigenvalue weighted by Gasteiger charge is 2.05. The van der Waals surface area contributed by atoms with Crippen LogP contribution in [-0.4, -0.2) is 31.6 Å². The first-order chi connectivity index (χ1) is 12.7. The molecule has 26 heavy (non-hydrogen) atoms. The Hall–Kier alpha value is -2.80. The third-order valence-electron chi connectivity index (χ3n) is 3.87. The molecule has 0 fully saturated rings. The van der Waals surface area contributed by atoms with Gasteiger partial charge in [0.15, 0.2) is 0 Å². The van der Waals surface area contributed by atoms with Gasteiger partial charge in [-0.15, -0.1) is 5.10 Å². The monoisotopic (exact) mass is 371 g/mol. The van der Waals surface area contributed by atoms with Crippen LogP contribution < -0.4 is 19.0 Å². The number of nitrogens with zero attached hydrogens (tertiary/aromatic N) is 3. The largest absolute Gasteiger partial charge is 0.497 e. The van der Waals surface area contributed by atoms with Crippen LogP contribution in [-0.2, 0) is 7.05 Å². The van der Waals surface area contributed by atoms with Gasteiger partial charge >= 0.3 is 0 Å². The molecule has 3 rings (SSSR count). The zero-order chi connectivity index (χ0) is 18.5. The number of fused-ring (bicyclic) bond motifs is 1. The molecule has 0 spiro atoms. The molecule has 0 aliphatic carbocycles. The lowest BCUT2D eigenvalue weighted by Crippen LogP contribution is -2.08. The average molecular weight is 371 g/mol. The normalized spacial score (nSPS) is 12.1. The number of aromatic nitrogens is 1. The molecule has 0 bridgehead atoms. The number of methoxy groups -OCH3 is 2. The van der Waals surface area contributed by atoms with E-state index in [1.807, 2.05) is 54.9 Å². The van der Waals surface area contributed by atoms with E-state index in [2.05, 4.69) is 10.2 Å². The smallest absolute Gasteiger partial charge is 0.211 e. The van der Waals surface area contributed by atoms with Crippen molar-refractivity contribution in [2.45, 2.75) is 6.92 Å². The lowest BCUT2D eigenvalue weighted by atomic mass is 10.2. The van der Waals surface area contributed by atoms with Gasteiger partial charge in [0.05, 0.1) is 37.3 Å². The third kappa shape index (κ3) is 3.72. The molecule has 136 valence electrons. The van der Waals surface area contributed by atoms with Crippen LogP contribution in [0.15, 0.2) is 46.6 Å². The van der Waals surface area contributed by atoms with E-state index in [1.165, 1.54) is 0 Å². The van der Waals surface area contributed by atoms with E-state index >= 15 is 0 Å². The molecule has 6 nitrogen and oxygen atoms in total. The van der Waals surface area contributed by atoms with Crippen LogP contribution in [0.25, 0.3) is 10.2 Å². The van der Waals surface area contributed by atoms with E-state index in [-0.39, 0.29) is 0 Å². The van der Waals surface area contributed by atoms with Crippen LogP contribution in [0.1, 0.15) is 12.5 Å². The number of benzene rings is 2. The summed E-state index contributed by atoms with van der Waals surface area (Å²) in [5, 5.41) is 8.59. The standard InChI is InChI=1S/C19H21N3O3S/c1-5-25-15-6-8-16-18(11-15)26-19(22(16)2)21-20-12-13-10-14(23-3)7-9-17(13)24-4/h6-12H,5H2,1-4H3/b20-12-,21-19-. The molecule has 3 aromatic rings. The van der Waals surface area contributed by atoms with E-state index in [4.69, 9.17) is 14.2 Å². The lowest BCUT2D eigenvalue weighted by molar-refractivity contribution is 0.341. The van der Waals surface area contributed by atoms with Crippen LogP contribution in [0.5, 0.6) is 17.2 Å². The summed E-state index contributed by atoms with van der Waals surface area (Å²) in [5.74, 6) is 2.31. The third-order valence-corrected chi connectivity index (χ3v) is 4.95. The maximum Gasteiger partial charge on any atom is 0.211 e. The van der Waals surface area contributed by atoms with Crippen molar-refractivity contribution in [2.75, 3.05) is 20.8 Å². The minimum Gasteiger partial charge on any atom is -0.497 e. The van der Waals surface area contributed by atoms with Gasteiger partial charge in [0, 0.05) is 12.6 Å². The molecule has 0 atom stereocenters. The molecule has 2 aromatic carbocycles. The summed E-state index contributed by atoms with van der Waals surface area (Å²) in [6.07, 6.45) is 1.66. The van der Waals surface area contributed by atoms with Gasteiger partial charge in [0.1, 0.15) is 17.2 Å². The summed E-state index contributed by atoms with van der Waals surface area (Å²) in [6, 6.07) is 11.6. The molecular weight excluding hydrogens is 350 g/mol. The number of hydrogen-bond acceptors (Lipinski definition) is 6. The van der Waals surface area contributed by atoms with E-state index in [0.29, 0.717) is 12.4 Å². The predicted molar refractivity (Wildman–Crippen MR) is 105 cm³/mol. The van der Waals surface area contributed by atoms with Gasteiger partial charge in [-0.1, -0.05) is 11.3 Å². The van der Waals surface area contributed by atoms with E-state index in [9.17, 15) is 0 Å². The van der Waals surface area contributed by atoms with Gasteiger partial charge < -0.3 is 18.8 Å². The van der Waals surface area contributed by atoms with E-state index in [0.717, 1.165) is 32.1 Å². The number of ether oxygens (including phenoxy) is 3.